The first-order valence-electron chi connectivity index (χ1n) is 16.2. The summed E-state index contributed by atoms with van der Waals surface area (Å²) in [6.45, 7) is 8.10. The summed E-state index contributed by atoms with van der Waals surface area (Å²) in [6.07, 6.45) is 21.7. The molecule has 0 bridgehead atoms. The zero-order valence-corrected chi connectivity index (χ0v) is 24.2. The van der Waals surface area contributed by atoms with E-state index >= 15 is 0 Å². The van der Waals surface area contributed by atoms with Gasteiger partial charge in [0.1, 0.15) is 0 Å². The molecule has 5 aliphatic carbocycles. The van der Waals surface area contributed by atoms with E-state index in [1.165, 1.54) is 96.3 Å². The molecule has 5 saturated carbocycles. The predicted octanol–water partition coefficient (Wildman–Crippen LogP) is 8.33. The number of rotatable bonds is 8. The van der Waals surface area contributed by atoms with Crippen LogP contribution in [0, 0.1) is 52.3 Å². The molecule has 1 N–H and O–H groups in total. The van der Waals surface area contributed by atoms with Crippen LogP contribution in [0.5, 0.6) is 0 Å². The van der Waals surface area contributed by atoms with E-state index in [2.05, 4.69) is 26.1 Å². The van der Waals surface area contributed by atoms with Crippen molar-refractivity contribution >= 4 is 11.9 Å². The van der Waals surface area contributed by atoms with E-state index in [1.54, 1.807) is 0 Å². The minimum atomic E-state index is -0.410. The van der Waals surface area contributed by atoms with Crippen molar-refractivity contribution in [2.75, 3.05) is 13.2 Å². The number of hydrogen-bond donors (Lipinski definition) is 1. The highest BCUT2D eigenvalue weighted by molar-refractivity contribution is 5.85. The van der Waals surface area contributed by atoms with Crippen LogP contribution in [0.15, 0.2) is 0 Å². The second kappa shape index (κ2) is 11.6. The maximum Gasteiger partial charge on any atom is 0.407 e. The van der Waals surface area contributed by atoms with E-state index in [9.17, 15) is 9.59 Å². The van der Waals surface area contributed by atoms with Crippen LogP contribution >= 0.6 is 0 Å². The fourth-order valence-electron chi connectivity index (χ4n) is 10.5. The first-order valence-corrected chi connectivity index (χ1v) is 16.2. The number of nitrogens with one attached hydrogen (secondary N) is 1. The average Bonchev–Trinajstić information content (AvgIpc) is 3.25. The molecular formula is C33H55NO3. The van der Waals surface area contributed by atoms with Gasteiger partial charge in [-0.25, -0.2) is 4.79 Å². The number of unbranched alkanes of at least 4 members (excludes halogenated alkanes) is 1. The highest BCUT2D eigenvalue weighted by Crippen LogP contribution is 2.67. The predicted molar refractivity (Wildman–Crippen MR) is 149 cm³/mol. The SMILES string of the molecule is C[C@H]1CC[C@@]2(C)C(CC[C@@H]3C2CC[C@@]2(C)C3CC[C@@H]2C(=O)COC(=O)NCCCCC2CCCCC2)C1. The first-order chi connectivity index (χ1) is 17.8. The Morgan fingerprint density at radius 3 is 2.41 bits per heavy atom. The number of amides is 1. The lowest BCUT2D eigenvalue weighted by Crippen LogP contribution is -2.53. The smallest absolute Gasteiger partial charge is 0.407 e. The standard InChI is InChI=1S/C33H55NO3/c1-23-16-18-32(2)25(21-23)12-13-26-27-14-15-29(33(27,3)19-17-28(26)32)30(35)22-37-31(36)34-20-8-7-11-24-9-5-4-6-10-24/h23-29H,4-22H2,1-3H3,(H,34,36)/t23-,25?,26-,27?,28?,29+,32-,33-/m0/s1. The average molecular weight is 514 g/mol. The van der Waals surface area contributed by atoms with Crippen molar-refractivity contribution in [3.05, 3.63) is 0 Å². The van der Waals surface area contributed by atoms with Crippen LogP contribution in [0.2, 0.25) is 0 Å². The van der Waals surface area contributed by atoms with Crippen LogP contribution in [-0.4, -0.2) is 25.0 Å². The van der Waals surface area contributed by atoms with Gasteiger partial charge in [-0.2, -0.15) is 0 Å². The van der Waals surface area contributed by atoms with E-state index < -0.39 is 6.09 Å². The molecule has 5 rings (SSSR count). The summed E-state index contributed by atoms with van der Waals surface area (Å²) in [4.78, 5) is 25.6. The normalized spacial score (nSPS) is 41.8. The Morgan fingerprint density at radius 1 is 0.838 bits per heavy atom. The number of ether oxygens (including phenoxy) is 1. The first kappa shape index (κ1) is 27.5. The highest BCUT2D eigenvalue weighted by atomic mass is 16.5. The minimum absolute atomic E-state index is 0.0490. The molecule has 0 saturated heterocycles. The molecule has 210 valence electrons. The number of carbonyl (C=O) groups excluding carboxylic acids is 2. The largest absolute Gasteiger partial charge is 0.442 e. The fourth-order valence-corrected chi connectivity index (χ4v) is 10.5. The number of carbonyl (C=O) groups is 2. The van der Waals surface area contributed by atoms with E-state index in [4.69, 9.17) is 4.74 Å². The van der Waals surface area contributed by atoms with Crippen LogP contribution in [0.25, 0.3) is 0 Å². The summed E-state index contributed by atoms with van der Waals surface area (Å²) in [5, 5.41) is 2.89. The molecule has 8 atom stereocenters. The van der Waals surface area contributed by atoms with Crippen LogP contribution < -0.4 is 5.32 Å². The Morgan fingerprint density at radius 2 is 1.59 bits per heavy atom. The van der Waals surface area contributed by atoms with Gasteiger partial charge >= 0.3 is 6.09 Å². The summed E-state index contributed by atoms with van der Waals surface area (Å²) in [6, 6.07) is 0. The number of alkyl carbamates (subject to hydrolysis) is 1. The lowest BCUT2D eigenvalue weighted by molar-refractivity contribution is -0.139. The van der Waals surface area contributed by atoms with Crippen molar-refractivity contribution in [1.82, 2.24) is 5.32 Å². The number of ketones is 1. The molecule has 0 radical (unpaired) electrons. The second-order valence-corrected chi connectivity index (χ2v) is 14.7. The van der Waals surface area contributed by atoms with Gasteiger partial charge in [-0.1, -0.05) is 72.1 Å². The minimum Gasteiger partial charge on any atom is -0.442 e. The molecule has 0 aliphatic heterocycles. The van der Waals surface area contributed by atoms with E-state index in [0.29, 0.717) is 17.9 Å². The van der Waals surface area contributed by atoms with Crippen molar-refractivity contribution in [2.45, 2.75) is 130 Å². The van der Waals surface area contributed by atoms with E-state index in [0.717, 1.165) is 42.4 Å². The maximum absolute atomic E-state index is 13.3. The molecule has 1 amide bonds. The molecular weight excluding hydrogens is 458 g/mol. The third kappa shape index (κ3) is 5.65. The van der Waals surface area contributed by atoms with Gasteiger partial charge in [0.05, 0.1) is 0 Å². The van der Waals surface area contributed by atoms with Gasteiger partial charge in [-0.15, -0.1) is 0 Å². The zero-order chi connectivity index (χ0) is 26.0. The van der Waals surface area contributed by atoms with Gasteiger partial charge in [0.25, 0.3) is 0 Å². The summed E-state index contributed by atoms with van der Waals surface area (Å²) in [7, 11) is 0. The molecule has 0 aromatic carbocycles. The lowest BCUT2D eigenvalue weighted by Gasteiger charge is -2.61. The summed E-state index contributed by atoms with van der Waals surface area (Å²) >= 11 is 0. The van der Waals surface area contributed by atoms with Crippen molar-refractivity contribution < 1.29 is 14.3 Å². The fraction of sp³-hybridized carbons (Fsp3) is 0.939. The lowest BCUT2D eigenvalue weighted by atomic mass is 9.44. The summed E-state index contributed by atoms with van der Waals surface area (Å²) < 4.78 is 5.44. The molecule has 0 aromatic heterocycles. The van der Waals surface area contributed by atoms with Crippen molar-refractivity contribution in [3.63, 3.8) is 0 Å². The molecule has 37 heavy (non-hydrogen) atoms. The van der Waals surface area contributed by atoms with Crippen LogP contribution in [0.3, 0.4) is 0 Å². The Labute approximate surface area is 226 Å². The van der Waals surface area contributed by atoms with Crippen LogP contribution in [0.4, 0.5) is 4.79 Å². The van der Waals surface area contributed by atoms with Crippen LogP contribution in [-0.2, 0) is 9.53 Å². The molecule has 0 spiro atoms. The molecule has 5 aliphatic rings. The Balaban J connectivity index is 1.07. The van der Waals surface area contributed by atoms with Crippen molar-refractivity contribution in [2.24, 2.45) is 52.3 Å². The number of Topliss-reactive ketones (excluding diaryl/α,β-unsaturated/α-hetero) is 1. The van der Waals surface area contributed by atoms with Crippen molar-refractivity contribution in [1.29, 1.82) is 0 Å². The topological polar surface area (TPSA) is 55.4 Å². The number of fused-ring (bicyclic) bond motifs is 5. The molecule has 3 unspecified atom stereocenters. The molecule has 5 fully saturated rings. The third-order valence-electron chi connectivity index (χ3n) is 12.7. The van der Waals surface area contributed by atoms with Gasteiger partial charge in [-0.05, 0) is 104 Å². The Kier molecular flexibility index (Phi) is 8.61. The Bertz CT molecular complexity index is 805. The highest BCUT2D eigenvalue weighted by Gasteiger charge is 2.61. The van der Waals surface area contributed by atoms with E-state index in [1.807, 2.05) is 0 Å². The molecule has 4 nitrogen and oxygen atoms in total. The van der Waals surface area contributed by atoms with Gasteiger partial charge in [0, 0.05) is 12.5 Å². The monoisotopic (exact) mass is 513 g/mol. The molecule has 0 heterocycles. The molecule has 4 heteroatoms. The number of hydrogen-bond acceptors (Lipinski definition) is 3. The zero-order valence-electron chi connectivity index (χ0n) is 24.2. The summed E-state index contributed by atoms with van der Waals surface area (Å²) in [5.74, 6) is 5.27. The summed E-state index contributed by atoms with van der Waals surface area (Å²) in [5.41, 5.74) is 0.624. The van der Waals surface area contributed by atoms with Gasteiger partial charge in [-0.3, -0.25) is 4.79 Å². The third-order valence-corrected chi connectivity index (χ3v) is 12.7. The quantitative estimate of drug-likeness (QED) is 0.332. The molecule has 0 aromatic rings. The van der Waals surface area contributed by atoms with Crippen molar-refractivity contribution in [3.8, 4) is 0 Å². The van der Waals surface area contributed by atoms with E-state index in [-0.39, 0.29) is 23.7 Å². The van der Waals surface area contributed by atoms with Gasteiger partial charge in [0.15, 0.2) is 12.4 Å². The van der Waals surface area contributed by atoms with Gasteiger partial charge < -0.3 is 10.1 Å². The van der Waals surface area contributed by atoms with Crippen LogP contribution in [0.1, 0.15) is 130 Å². The second-order valence-electron chi connectivity index (χ2n) is 14.7. The Hall–Kier alpha value is -1.06. The van der Waals surface area contributed by atoms with Gasteiger partial charge in [0.2, 0.25) is 0 Å². The maximum atomic E-state index is 13.3.